The average molecular weight is 427 g/mol. The average Bonchev–Trinajstić information content (AvgIpc) is 2.63. The van der Waals surface area contributed by atoms with Gasteiger partial charge in [0.2, 0.25) is 15.9 Å². The largest absolute Gasteiger partial charge is 0.455 e. The lowest BCUT2D eigenvalue weighted by Gasteiger charge is -2.35. The van der Waals surface area contributed by atoms with Crippen molar-refractivity contribution in [2.75, 3.05) is 31.6 Å². The van der Waals surface area contributed by atoms with Gasteiger partial charge in [-0.2, -0.15) is 4.72 Å². The number of hydrogen-bond donors (Lipinski definition) is 2. The summed E-state index contributed by atoms with van der Waals surface area (Å²) in [5, 5.41) is 2.52. The zero-order valence-electron chi connectivity index (χ0n) is 16.5. The normalized spacial score (nSPS) is 19.5. The van der Waals surface area contributed by atoms with Gasteiger partial charge in [-0.3, -0.25) is 14.4 Å². The van der Waals surface area contributed by atoms with Gasteiger partial charge in [-0.1, -0.05) is 0 Å². The molecule has 1 aliphatic heterocycles. The molecule has 2 N–H and O–H groups in total. The number of ether oxygens (including phenoxy) is 2. The molecule has 2 rings (SSSR count). The van der Waals surface area contributed by atoms with Gasteiger partial charge in [0.05, 0.1) is 17.1 Å². The fraction of sp³-hybridized carbons (Fsp3) is 0.500. The van der Waals surface area contributed by atoms with Crippen LogP contribution >= 0.6 is 0 Å². The molecule has 0 aromatic heterocycles. The van der Waals surface area contributed by atoms with Crippen molar-refractivity contribution in [1.82, 2.24) is 9.62 Å². The summed E-state index contributed by atoms with van der Waals surface area (Å²) in [6.07, 6.45) is -0.218. The van der Waals surface area contributed by atoms with Crippen LogP contribution in [0.1, 0.15) is 20.8 Å². The third-order valence-corrected chi connectivity index (χ3v) is 5.44. The van der Waals surface area contributed by atoms with E-state index in [9.17, 15) is 22.8 Å². The highest BCUT2D eigenvalue weighted by Gasteiger charge is 2.26. The molecule has 2 amide bonds. The van der Waals surface area contributed by atoms with Gasteiger partial charge in [0, 0.05) is 25.7 Å². The summed E-state index contributed by atoms with van der Waals surface area (Å²) >= 11 is 0. The second-order valence-electron chi connectivity index (χ2n) is 6.75. The SMILES string of the molecule is CC(=O)Nc1ccc(S(=O)(=O)NCC(=O)OCC(=O)N2C[C@@H](C)O[C@@H](C)C2)cc1. The first-order valence-electron chi connectivity index (χ1n) is 9.03. The van der Waals surface area contributed by atoms with Gasteiger partial charge in [0.25, 0.3) is 5.91 Å². The second kappa shape index (κ2) is 9.81. The molecule has 29 heavy (non-hydrogen) atoms. The first-order chi connectivity index (χ1) is 13.6. The van der Waals surface area contributed by atoms with E-state index in [0.717, 1.165) is 0 Å². The van der Waals surface area contributed by atoms with Crippen LogP contribution in [0.15, 0.2) is 29.2 Å². The molecule has 2 atom stereocenters. The maximum Gasteiger partial charge on any atom is 0.321 e. The number of carbonyl (C=O) groups excluding carboxylic acids is 3. The summed E-state index contributed by atoms with van der Waals surface area (Å²) in [7, 11) is -3.95. The Morgan fingerprint density at radius 1 is 1.14 bits per heavy atom. The van der Waals surface area contributed by atoms with Crippen molar-refractivity contribution in [3.63, 3.8) is 0 Å². The number of rotatable bonds is 7. The number of carbonyl (C=O) groups is 3. The zero-order chi connectivity index (χ0) is 21.6. The first kappa shape index (κ1) is 22.8. The number of nitrogens with zero attached hydrogens (tertiary/aromatic N) is 1. The minimum Gasteiger partial charge on any atom is -0.455 e. The van der Waals surface area contributed by atoms with Crippen molar-refractivity contribution in [1.29, 1.82) is 0 Å². The fourth-order valence-corrected chi connectivity index (χ4v) is 3.79. The summed E-state index contributed by atoms with van der Waals surface area (Å²) in [5.41, 5.74) is 0.445. The van der Waals surface area contributed by atoms with E-state index < -0.39 is 29.1 Å². The van der Waals surface area contributed by atoms with Gasteiger partial charge in [-0.25, -0.2) is 8.42 Å². The van der Waals surface area contributed by atoms with Gasteiger partial charge in [-0.15, -0.1) is 0 Å². The molecule has 1 saturated heterocycles. The molecule has 11 heteroatoms. The molecule has 1 aliphatic rings. The van der Waals surface area contributed by atoms with Crippen LogP contribution in [0.3, 0.4) is 0 Å². The molecule has 10 nitrogen and oxygen atoms in total. The fourth-order valence-electron chi connectivity index (χ4n) is 2.82. The maximum atomic E-state index is 12.2. The van der Waals surface area contributed by atoms with Crippen LogP contribution in [0, 0.1) is 0 Å². The minimum atomic E-state index is -3.95. The molecular formula is C18H25N3O7S. The number of benzene rings is 1. The van der Waals surface area contributed by atoms with E-state index in [4.69, 9.17) is 9.47 Å². The quantitative estimate of drug-likeness (QED) is 0.590. The summed E-state index contributed by atoms with van der Waals surface area (Å²) < 4.78 is 37.0. The molecule has 1 fully saturated rings. The predicted octanol–water partition coefficient (Wildman–Crippen LogP) is 0.102. The van der Waals surface area contributed by atoms with Crippen LogP contribution in [0.4, 0.5) is 5.69 Å². The molecule has 0 spiro atoms. The molecular weight excluding hydrogens is 402 g/mol. The van der Waals surface area contributed by atoms with E-state index in [1.807, 2.05) is 13.8 Å². The van der Waals surface area contributed by atoms with Crippen LogP contribution in [-0.4, -0.2) is 69.6 Å². The summed E-state index contributed by atoms with van der Waals surface area (Å²) in [6, 6.07) is 5.45. The van der Waals surface area contributed by atoms with E-state index in [0.29, 0.717) is 18.8 Å². The third-order valence-electron chi connectivity index (χ3n) is 4.02. The number of morpholine rings is 1. The van der Waals surface area contributed by atoms with Crippen LogP contribution in [0.5, 0.6) is 0 Å². The van der Waals surface area contributed by atoms with Crippen LogP contribution in [0.2, 0.25) is 0 Å². The molecule has 0 unspecified atom stereocenters. The summed E-state index contributed by atoms with van der Waals surface area (Å²) in [6.45, 7) is 4.76. The van der Waals surface area contributed by atoms with E-state index in [2.05, 4.69) is 10.0 Å². The first-order valence-corrected chi connectivity index (χ1v) is 10.5. The Bertz CT molecular complexity index is 845. The van der Waals surface area contributed by atoms with Crippen molar-refractivity contribution in [3.8, 4) is 0 Å². The second-order valence-corrected chi connectivity index (χ2v) is 8.51. The molecule has 0 aliphatic carbocycles. The van der Waals surface area contributed by atoms with Crippen LogP contribution < -0.4 is 10.0 Å². The molecule has 1 aromatic rings. The highest BCUT2D eigenvalue weighted by atomic mass is 32.2. The highest BCUT2D eigenvalue weighted by molar-refractivity contribution is 7.89. The summed E-state index contributed by atoms with van der Waals surface area (Å²) in [5.74, 6) is -1.51. The Morgan fingerprint density at radius 3 is 2.28 bits per heavy atom. The van der Waals surface area contributed by atoms with Gasteiger partial charge in [0.1, 0.15) is 6.54 Å². The number of esters is 1. The zero-order valence-corrected chi connectivity index (χ0v) is 17.3. The van der Waals surface area contributed by atoms with Crippen molar-refractivity contribution < 1.29 is 32.3 Å². The van der Waals surface area contributed by atoms with Gasteiger partial charge < -0.3 is 19.7 Å². The number of nitrogens with one attached hydrogen (secondary N) is 2. The Balaban J connectivity index is 1.81. The van der Waals surface area contributed by atoms with Gasteiger partial charge in [0.15, 0.2) is 6.61 Å². The topological polar surface area (TPSA) is 131 Å². The van der Waals surface area contributed by atoms with Gasteiger partial charge >= 0.3 is 5.97 Å². The predicted molar refractivity (Wildman–Crippen MR) is 103 cm³/mol. The van der Waals surface area contributed by atoms with Crippen LogP contribution in [-0.2, 0) is 33.9 Å². The Labute approximate surface area is 169 Å². The number of anilines is 1. The van der Waals surface area contributed by atoms with Crippen molar-refractivity contribution in [2.24, 2.45) is 0 Å². The maximum absolute atomic E-state index is 12.2. The Hall–Kier alpha value is -2.50. The van der Waals surface area contributed by atoms with Crippen molar-refractivity contribution in [3.05, 3.63) is 24.3 Å². The molecule has 160 valence electrons. The molecule has 1 heterocycles. The Kier molecular flexibility index (Phi) is 7.71. The number of amides is 2. The molecule has 0 radical (unpaired) electrons. The van der Waals surface area contributed by atoms with E-state index >= 15 is 0 Å². The molecule has 1 aromatic carbocycles. The standard InChI is InChI=1S/C18H25N3O7S/c1-12-9-21(10-13(2)28-12)17(23)11-27-18(24)8-19-29(25,26)16-6-4-15(5-7-16)20-14(3)22/h4-7,12-13,19H,8-11H2,1-3H3,(H,20,22)/t12-,13+. The van der Waals surface area contributed by atoms with E-state index in [-0.39, 0.29) is 28.9 Å². The lowest BCUT2D eigenvalue weighted by Crippen LogP contribution is -2.49. The molecule has 0 saturated carbocycles. The van der Waals surface area contributed by atoms with Crippen molar-refractivity contribution >= 4 is 33.5 Å². The lowest BCUT2D eigenvalue weighted by molar-refractivity contribution is -0.156. The highest BCUT2D eigenvalue weighted by Crippen LogP contribution is 2.14. The van der Waals surface area contributed by atoms with Crippen molar-refractivity contribution in [2.45, 2.75) is 37.9 Å². The Morgan fingerprint density at radius 2 is 1.72 bits per heavy atom. The van der Waals surface area contributed by atoms with Crippen LogP contribution in [0.25, 0.3) is 0 Å². The van der Waals surface area contributed by atoms with E-state index in [1.54, 1.807) is 4.90 Å². The minimum absolute atomic E-state index is 0.0771. The van der Waals surface area contributed by atoms with E-state index in [1.165, 1.54) is 31.2 Å². The number of hydrogen-bond acceptors (Lipinski definition) is 7. The third kappa shape index (κ3) is 7.11. The smallest absolute Gasteiger partial charge is 0.321 e. The number of sulfonamides is 1. The summed E-state index contributed by atoms with van der Waals surface area (Å²) in [4.78, 5) is 36.4. The lowest BCUT2D eigenvalue weighted by atomic mass is 10.2. The monoisotopic (exact) mass is 427 g/mol. The molecule has 0 bridgehead atoms. The van der Waals surface area contributed by atoms with Gasteiger partial charge in [-0.05, 0) is 38.1 Å².